The SMILES string of the molecule is CN1CCC2(CCC1=O)CN(C(=O)Cn1ncnn1)CCN2C. The molecule has 23 heavy (non-hydrogen) atoms. The monoisotopic (exact) mass is 321 g/mol. The first-order valence-electron chi connectivity index (χ1n) is 7.94. The molecule has 1 spiro atoms. The second-order valence-electron chi connectivity index (χ2n) is 6.49. The van der Waals surface area contributed by atoms with E-state index in [-0.39, 0.29) is 23.9 Å². The zero-order chi connectivity index (χ0) is 16.4. The van der Waals surface area contributed by atoms with Crippen LogP contribution in [0.25, 0.3) is 0 Å². The zero-order valence-corrected chi connectivity index (χ0v) is 13.7. The molecule has 0 saturated carbocycles. The summed E-state index contributed by atoms with van der Waals surface area (Å²) in [6.45, 7) is 3.00. The summed E-state index contributed by atoms with van der Waals surface area (Å²) in [5.41, 5.74) is -0.121. The van der Waals surface area contributed by atoms with E-state index in [1.807, 2.05) is 11.9 Å². The Morgan fingerprint density at radius 3 is 2.83 bits per heavy atom. The van der Waals surface area contributed by atoms with E-state index in [9.17, 15) is 9.59 Å². The number of amides is 2. The summed E-state index contributed by atoms with van der Waals surface area (Å²) in [6, 6.07) is 0. The van der Waals surface area contributed by atoms with Crippen molar-refractivity contribution < 1.29 is 9.59 Å². The second kappa shape index (κ2) is 6.23. The number of rotatable bonds is 2. The second-order valence-corrected chi connectivity index (χ2v) is 6.49. The lowest BCUT2D eigenvalue weighted by molar-refractivity contribution is -0.138. The normalized spacial score (nSPS) is 26.6. The van der Waals surface area contributed by atoms with Gasteiger partial charge < -0.3 is 9.80 Å². The fourth-order valence-electron chi connectivity index (χ4n) is 3.45. The third-order valence-corrected chi connectivity index (χ3v) is 5.16. The van der Waals surface area contributed by atoms with Gasteiger partial charge in [-0.2, -0.15) is 4.80 Å². The summed E-state index contributed by atoms with van der Waals surface area (Å²) in [7, 11) is 3.94. The molecule has 0 aliphatic carbocycles. The maximum absolute atomic E-state index is 12.5. The van der Waals surface area contributed by atoms with Crippen LogP contribution in [-0.4, -0.2) is 92.5 Å². The lowest BCUT2D eigenvalue weighted by Crippen LogP contribution is -2.62. The highest BCUT2D eigenvalue weighted by atomic mass is 16.2. The van der Waals surface area contributed by atoms with Gasteiger partial charge in [0, 0.05) is 45.2 Å². The summed E-state index contributed by atoms with van der Waals surface area (Å²) in [5, 5.41) is 11.3. The van der Waals surface area contributed by atoms with Crippen molar-refractivity contribution in [1.29, 1.82) is 0 Å². The third-order valence-electron chi connectivity index (χ3n) is 5.16. The first kappa shape index (κ1) is 15.9. The van der Waals surface area contributed by atoms with Crippen LogP contribution in [0, 0.1) is 0 Å². The molecule has 0 bridgehead atoms. The van der Waals surface area contributed by atoms with Crippen molar-refractivity contribution in [2.75, 3.05) is 40.3 Å². The van der Waals surface area contributed by atoms with Crippen LogP contribution < -0.4 is 0 Å². The molecule has 2 fully saturated rings. The molecule has 0 N–H and O–H groups in total. The molecular weight excluding hydrogens is 298 g/mol. The maximum Gasteiger partial charge on any atom is 0.246 e. The highest BCUT2D eigenvalue weighted by Crippen LogP contribution is 2.31. The fourth-order valence-corrected chi connectivity index (χ4v) is 3.45. The predicted molar refractivity (Wildman–Crippen MR) is 81.2 cm³/mol. The summed E-state index contributed by atoms with van der Waals surface area (Å²) < 4.78 is 0. The minimum atomic E-state index is -0.121. The molecule has 3 rings (SSSR count). The number of likely N-dealkylation sites (tertiary alicyclic amines) is 1. The first-order valence-corrected chi connectivity index (χ1v) is 7.94. The van der Waals surface area contributed by atoms with E-state index in [4.69, 9.17) is 0 Å². The minimum Gasteiger partial charge on any atom is -0.346 e. The topological polar surface area (TPSA) is 87.5 Å². The number of hydrogen-bond acceptors (Lipinski definition) is 6. The molecule has 9 nitrogen and oxygen atoms in total. The van der Waals surface area contributed by atoms with Gasteiger partial charge in [0.1, 0.15) is 6.54 Å². The molecule has 1 unspecified atom stereocenters. The van der Waals surface area contributed by atoms with Gasteiger partial charge >= 0.3 is 0 Å². The number of carbonyl (C=O) groups excluding carboxylic acids is 2. The number of piperazine rings is 1. The molecule has 2 aliphatic rings. The van der Waals surface area contributed by atoms with E-state index in [0.29, 0.717) is 19.5 Å². The average Bonchev–Trinajstić information content (AvgIpc) is 3.00. The van der Waals surface area contributed by atoms with Gasteiger partial charge in [-0.15, -0.1) is 10.2 Å². The van der Waals surface area contributed by atoms with Gasteiger partial charge in [-0.25, -0.2) is 0 Å². The Labute approximate surface area is 135 Å². The average molecular weight is 321 g/mol. The quantitative estimate of drug-likeness (QED) is 0.682. The Morgan fingerprint density at radius 1 is 1.26 bits per heavy atom. The van der Waals surface area contributed by atoms with E-state index >= 15 is 0 Å². The van der Waals surface area contributed by atoms with Crippen molar-refractivity contribution in [3.05, 3.63) is 6.33 Å². The predicted octanol–water partition coefficient (Wildman–Crippen LogP) is -1.17. The number of nitrogens with zero attached hydrogens (tertiary/aromatic N) is 7. The molecule has 0 aromatic carbocycles. The van der Waals surface area contributed by atoms with Crippen molar-refractivity contribution in [3.8, 4) is 0 Å². The van der Waals surface area contributed by atoms with Crippen LogP contribution in [0.5, 0.6) is 0 Å². The molecule has 126 valence electrons. The molecule has 2 amide bonds. The third kappa shape index (κ3) is 3.19. The van der Waals surface area contributed by atoms with Crippen LogP contribution in [0.15, 0.2) is 6.33 Å². The van der Waals surface area contributed by atoms with Crippen molar-refractivity contribution in [3.63, 3.8) is 0 Å². The maximum atomic E-state index is 12.5. The standard InChI is InChI=1S/C14H23N7O2/c1-18-6-5-14(4-3-12(18)22)10-20(8-7-19(14)2)13(23)9-21-16-11-15-17-21/h11H,3-10H2,1-2H3. The van der Waals surface area contributed by atoms with Gasteiger partial charge in [0.25, 0.3) is 0 Å². The van der Waals surface area contributed by atoms with Crippen LogP contribution >= 0.6 is 0 Å². The Morgan fingerprint density at radius 2 is 2.09 bits per heavy atom. The molecular formula is C14H23N7O2. The Bertz CT molecular complexity index is 576. The van der Waals surface area contributed by atoms with Crippen LogP contribution in [0.2, 0.25) is 0 Å². The smallest absolute Gasteiger partial charge is 0.246 e. The summed E-state index contributed by atoms with van der Waals surface area (Å²) >= 11 is 0. The molecule has 2 aliphatic heterocycles. The van der Waals surface area contributed by atoms with Gasteiger partial charge in [-0.1, -0.05) is 0 Å². The lowest BCUT2D eigenvalue weighted by atomic mass is 9.86. The van der Waals surface area contributed by atoms with Crippen LogP contribution in [0.3, 0.4) is 0 Å². The van der Waals surface area contributed by atoms with Crippen molar-refractivity contribution in [2.24, 2.45) is 0 Å². The largest absolute Gasteiger partial charge is 0.346 e. The van der Waals surface area contributed by atoms with E-state index < -0.39 is 0 Å². The van der Waals surface area contributed by atoms with E-state index in [1.165, 1.54) is 11.1 Å². The van der Waals surface area contributed by atoms with Gasteiger partial charge in [-0.3, -0.25) is 14.5 Å². The van der Waals surface area contributed by atoms with Crippen molar-refractivity contribution >= 4 is 11.8 Å². The van der Waals surface area contributed by atoms with E-state index in [2.05, 4.69) is 27.4 Å². The van der Waals surface area contributed by atoms with Gasteiger partial charge in [0.05, 0.1) is 0 Å². The molecule has 1 aromatic rings. The van der Waals surface area contributed by atoms with Gasteiger partial charge in [0.15, 0.2) is 6.33 Å². The molecule has 3 heterocycles. The summed E-state index contributed by atoms with van der Waals surface area (Å²) in [6.07, 6.45) is 3.54. The van der Waals surface area contributed by atoms with Crippen molar-refractivity contribution in [1.82, 2.24) is 34.9 Å². The Hall–Kier alpha value is -2.03. The van der Waals surface area contributed by atoms with Crippen molar-refractivity contribution in [2.45, 2.75) is 31.3 Å². The first-order chi connectivity index (χ1) is 11.0. The molecule has 9 heteroatoms. The Balaban J connectivity index is 1.71. The molecule has 2 saturated heterocycles. The zero-order valence-electron chi connectivity index (χ0n) is 13.7. The number of carbonyl (C=O) groups is 2. The number of hydrogen-bond donors (Lipinski definition) is 0. The van der Waals surface area contributed by atoms with Crippen LogP contribution in [-0.2, 0) is 16.1 Å². The lowest BCUT2D eigenvalue weighted by Gasteiger charge is -2.49. The highest BCUT2D eigenvalue weighted by Gasteiger charge is 2.42. The van der Waals surface area contributed by atoms with E-state index in [0.717, 1.165) is 25.9 Å². The van der Waals surface area contributed by atoms with Crippen LogP contribution in [0.1, 0.15) is 19.3 Å². The fraction of sp³-hybridized carbons (Fsp3) is 0.786. The van der Waals surface area contributed by atoms with E-state index in [1.54, 1.807) is 4.90 Å². The molecule has 1 aromatic heterocycles. The molecule has 0 radical (unpaired) electrons. The number of aromatic nitrogens is 4. The number of tetrazole rings is 1. The van der Waals surface area contributed by atoms with Gasteiger partial charge in [0.2, 0.25) is 11.8 Å². The minimum absolute atomic E-state index is 0.000553. The summed E-state index contributed by atoms with van der Waals surface area (Å²) in [5.74, 6) is 0.185. The molecule has 1 atom stereocenters. The number of likely N-dealkylation sites (N-methyl/N-ethyl adjacent to an activating group) is 1. The summed E-state index contributed by atoms with van der Waals surface area (Å²) in [4.78, 5) is 31.8. The van der Waals surface area contributed by atoms with Gasteiger partial charge in [-0.05, 0) is 25.1 Å². The Kier molecular flexibility index (Phi) is 4.29. The van der Waals surface area contributed by atoms with Crippen LogP contribution in [0.4, 0.5) is 0 Å². The highest BCUT2D eigenvalue weighted by molar-refractivity contribution is 5.77.